The van der Waals surface area contributed by atoms with Crippen LogP contribution < -0.4 is 10.8 Å². The molecule has 0 radical (unpaired) electrons. The van der Waals surface area contributed by atoms with Crippen molar-refractivity contribution in [2.24, 2.45) is 5.92 Å². The molecule has 0 spiro atoms. The number of hydroxylamine groups is 1. The van der Waals surface area contributed by atoms with Gasteiger partial charge in [-0.05, 0) is 39.5 Å². The average molecular weight is 313 g/mol. The van der Waals surface area contributed by atoms with Crippen LogP contribution in [0.5, 0.6) is 0 Å². The van der Waals surface area contributed by atoms with Gasteiger partial charge in [-0.15, -0.1) is 0 Å². The van der Waals surface area contributed by atoms with Gasteiger partial charge in [0.05, 0.1) is 5.92 Å². The molecular formula is C15H27N3O4. The van der Waals surface area contributed by atoms with E-state index < -0.39 is 0 Å². The third-order valence-corrected chi connectivity index (χ3v) is 3.92. The highest BCUT2D eigenvalue weighted by Gasteiger charge is 2.29. The van der Waals surface area contributed by atoms with E-state index in [2.05, 4.69) is 10.8 Å². The molecule has 2 heterocycles. The highest BCUT2D eigenvalue weighted by Crippen LogP contribution is 2.18. The average Bonchev–Trinajstić information content (AvgIpc) is 2.53. The number of carbonyl (C=O) groups excluding carboxylic acids is 2. The number of hydrogen-bond acceptors (Lipinski definition) is 4. The molecule has 126 valence electrons. The lowest BCUT2D eigenvalue weighted by Gasteiger charge is -2.32. The van der Waals surface area contributed by atoms with Gasteiger partial charge in [0.2, 0.25) is 5.91 Å². The molecule has 0 aliphatic carbocycles. The molecule has 7 heteroatoms. The molecule has 2 fully saturated rings. The first-order chi connectivity index (χ1) is 10.6. The number of hydrogen-bond donors (Lipinski definition) is 2. The van der Waals surface area contributed by atoms with Gasteiger partial charge in [-0.2, -0.15) is 0 Å². The quantitative estimate of drug-likeness (QED) is 0.769. The molecule has 0 bridgehead atoms. The summed E-state index contributed by atoms with van der Waals surface area (Å²) < 4.78 is 5.41. The number of carbonyl (C=O) groups is 2. The lowest BCUT2D eigenvalue weighted by molar-refractivity contribution is -0.202. The van der Waals surface area contributed by atoms with E-state index in [0.717, 1.165) is 32.1 Å². The fourth-order valence-corrected chi connectivity index (χ4v) is 2.73. The van der Waals surface area contributed by atoms with E-state index in [0.29, 0.717) is 19.7 Å². The molecule has 2 aliphatic rings. The molecule has 2 aliphatic heterocycles. The Balaban J connectivity index is 1.75. The van der Waals surface area contributed by atoms with E-state index >= 15 is 0 Å². The summed E-state index contributed by atoms with van der Waals surface area (Å²) in [4.78, 5) is 31.2. The van der Waals surface area contributed by atoms with Crippen molar-refractivity contribution in [3.8, 4) is 0 Å². The Morgan fingerprint density at radius 3 is 2.73 bits per heavy atom. The maximum absolute atomic E-state index is 12.2. The summed E-state index contributed by atoms with van der Waals surface area (Å²) >= 11 is 0. The van der Waals surface area contributed by atoms with Gasteiger partial charge in [0, 0.05) is 32.2 Å². The van der Waals surface area contributed by atoms with Crippen molar-refractivity contribution in [2.75, 3.05) is 19.7 Å². The smallest absolute Gasteiger partial charge is 0.317 e. The van der Waals surface area contributed by atoms with Crippen molar-refractivity contribution in [3.63, 3.8) is 0 Å². The summed E-state index contributed by atoms with van der Waals surface area (Å²) in [5.41, 5.74) is 2.50. The molecule has 2 N–H and O–H groups in total. The molecule has 0 aromatic carbocycles. The minimum Gasteiger partial charge on any atom is -0.350 e. The molecule has 0 aromatic rings. The van der Waals surface area contributed by atoms with Crippen molar-refractivity contribution in [3.05, 3.63) is 0 Å². The van der Waals surface area contributed by atoms with Gasteiger partial charge < -0.3 is 15.0 Å². The standard InChI is InChI=1S/C15H27N3O4/c1-11(2)16-15(20)18-8-5-6-12(10-18)14(19)17-22-13-7-3-4-9-21-13/h11-13H,3-10H2,1-2H3,(H,16,20)(H,17,19). The number of urea groups is 1. The molecule has 22 heavy (non-hydrogen) atoms. The van der Waals surface area contributed by atoms with Crippen molar-refractivity contribution in [1.29, 1.82) is 0 Å². The molecule has 2 rings (SSSR count). The predicted octanol–water partition coefficient (Wildman–Crippen LogP) is 1.39. The van der Waals surface area contributed by atoms with E-state index in [1.807, 2.05) is 13.8 Å². The summed E-state index contributed by atoms with van der Waals surface area (Å²) in [6.07, 6.45) is 4.13. The molecule has 0 saturated carbocycles. The molecule has 2 atom stereocenters. The van der Waals surface area contributed by atoms with Gasteiger partial charge in [-0.3, -0.25) is 4.79 Å². The summed E-state index contributed by atoms with van der Waals surface area (Å²) in [6.45, 7) is 5.63. The third-order valence-electron chi connectivity index (χ3n) is 3.92. The Labute approximate surface area is 131 Å². The summed E-state index contributed by atoms with van der Waals surface area (Å²) in [7, 11) is 0. The molecule has 2 unspecified atom stereocenters. The number of likely N-dealkylation sites (tertiary alicyclic amines) is 1. The highest BCUT2D eigenvalue weighted by molar-refractivity contribution is 5.80. The van der Waals surface area contributed by atoms with E-state index in [-0.39, 0.29) is 30.2 Å². The number of rotatable bonds is 4. The Morgan fingerprint density at radius 1 is 1.23 bits per heavy atom. The zero-order valence-corrected chi connectivity index (χ0v) is 13.5. The first kappa shape index (κ1) is 17.0. The van der Waals surface area contributed by atoms with Crippen LogP contribution in [-0.2, 0) is 14.4 Å². The number of ether oxygens (including phenoxy) is 1. The van der Waals surface area contributed by atoms with Gasteiger partial charge >= 0.3 is 6.03 Å². The predicted molar refractivity (Wildman–Crippen MR) is 80.8 cm³/mol. The largest absolute Gasteiger partial charge is 0.350 e. The number of piperidine rings is 1. The molecule has 2 saturated heterocycles. The molecule has 0 aromatic heterocycles. The normalized spacial score (nSPS) is 25.9. The lowest BCUT2D eigenvalue weighted by atomic mass is 9.98. The summed E-state index contributed by atoms with van der Waals surface area (Å²) in [5, 5.41) is 2.86. The van der Waals surface area contributed by atoms with E-state index in [1.54, 1.807) is 4.90 Å². The maximum atomic E-state index is 12.2. The van der Waals surface area contributed by atoms with Crippen LogP contribution in [0.4, 0.5) is 4.79 Å². The second kappa shape index (κ2) is 8.33. The van der Waals surface area contributed by atoms with Crippen molar-refractivity contribution >= 4 is 11.9 Å². The second-order valence-electron chi connectivity index (χ2n) is 6.27. The van der Waals surface area contributed by atoms with Crippen LogP contribution in [0.3, 0.4) is 0 Å². The first-order valence-corrected chi connectivity index (χ1v) is 8.19. The zero-order chi connectivity index (χ0) is 15.9. The van der Waals surface area contributed by atoms with Crippen LogP contribution in [0.15, 0.2) is 0 Å². The first-order valence-electron chi connectivity index (χ1n) is 8.19. The lowest BCUT2D eigenvalue weighted by Crippen LogP contribution is -2.50. The molecular weight excluding hydrogens is 286 g/mol. The number of nitrogens with zero attached hydrogens (tertiary/aromatic N) is 1. The van der Waals surface area contributed by atoms with Crippen LogP contribution >= 0.6 is 0 Å². The van der Waals surface area contributed by atoms with Crippen LogP contribution in [0.1, 0.15) is 46.0 Å². The van der Waals surface area contributed by atoms with Gasteiger partial charge in [0.15, 0.2) is 6.29 Å². The topological polar surface area (TPSA) is 79.9 Å². The van der Waals surface area contributed by atoms with E-state index in [4.69, 9.17) is 9.57 Å². The fraction of sp³-hybridized carbons (Fsp3) is 0.867. The second-order valence-corrected chi connectivity index (χ2v) is 6.27. The third kappa shape index (κ3) is 5.14. The van der Waals surface area contributed by atoms with E-state index in [9.17, 15) is 9.59 Å². The Morgan fingerprint density at radius 2 is 2.05 bits per heavy atom. The Hall–Kier alpha value is -1.34. The van der Waals surface area contributed by atoms with Gasteiger partial charge in [-0.25, -0.2) is 15.1 Å². The van der Waals surface area contributed by atoms with Gasteiger partial charge in [-0.1, -0.05) is 0 Å². The molecule has 7 nitrogen and oxygen atoms in total. The van der Waals surface area contributed by atoms with Crippen molar-refractivity contribution < 1.29 is 19.2 Å². The monoisotopic (exact) mass is 313 g/mol. The van der Waals surface area contributed by atoms with Crippen LogP contribution in [0.25, 0.3) is 0 Å². The summed E-state index contributed by atoms with van der Waals surface area (Å²) in [5.74, 6) is -0.397. The van der Waals surface area contributed by atoms with Gasteiger partial charge in [0.1, 0.15) is 0 Å². The summed E-state index contributed by atoms with van der Waals surface area (Å²) in [6, 6.07) is -0.0162. The number of nitrogens with one attached hydrogen (secondary N) is 2. The van der Waals surface area contributed by atoms with Crippen LogP contribution in [0.2, 0.25) is 0 Å². The van der Waals surface area contributed by atoms with Gasteiger partial charge in [0.25, 0.3) is 0 Å². The highest BCUT2D eigenvalue weighted by atomic mass is 16.8. The minimum absolute atomic E-state index is 0.0912. The maximum Gasteiger partial charge on any atom is 0.317 e. The van der Waals surface area contributed by atoms with Crippen molar-refractivity contribution in [1.82, 2.24) is 15.7 Å². The van der Waals surface area contributed by atoms with Crippen molar-refractivity contribution in [2.45, 2.75) is 58.3 Å². The van der Waals surface area contributed by atoms with E-state index in [1.165, 1.54) is 0 Å². The zero-order valence-electron chi connectivity index (χ0n) is 13.5. The minimum atomic E-state index is -0.346. The number of amides is 3. The SMILES string of the molecule is CC(C)NC(=O)N1CCCC(C(=O)NOC2CCCCO2)C1. The van der Waals surface area contributed by atoms with Crippen LogP contribution in [0, 0.1) is 5.92 Å². The van der Waals surface area contributed by atoms with Crippen LogP contribution in [-0.4, -0.2) is 48.9 Å². The Bertz CT molecular complexity index is 383. The molecule has 3 amide bonds. The Kier molecular flexibility index (Phi) is 6.45. The fourth-order valence-electron chi connectivity index (χ4n) is 2.73.